The molecule has 0 bridgehead atoms. The van der Waals surface area contributed by atoms with E-state index in [0.29, 0.717) is 7.88 Å². The molecule has 2 aromatic carbocycles. The Morgan fingerprint density at radius 2 is 1.77 bits per heavy atom. The molecule has 0 radical (unpaired) electrons. The molecule has 0 unspecified atom stereocenters. The van der Waals surface area contributed by atoms with E-state index in [2.05, 4.69) is 10.3 Å². The average Bonchev–Trinajstić information content (AvgIpc) is 2.76. The molecule has 0 spiro atoms. The first kappa shape index (κ1) is 26.6. The van der Waals surface area contributed by atoms with Gasteiger partial charge in [0.1, 0.15) is 5.82 Å². The number of pyridine rings is 1. The van der Waals surface area contributed by atoms with Gasteiger partial charge in [0.15, 0.2) is 23.3 Å². The lowest BCUT2D eigenvalue weighted by Gasteiger charge is -2.20. The molecule has 0 aliphatic carbocycles. The Hall–Kier alpha value is -2.98. The number of carbonyl (C=O) groups is 1. The number of aromatic nitrogens is 1. The fraction of sp³-hybridized carbons (Fsp3) is 0.143. The summed E-state index contributed by atoms with van der Waals surface area (Å²) >= 11 is 1.86. The van der Waals surface area contributed by atoms with Crippen molar-refractivity contribution in [2.75, 3.05) is 16.2 Å². The molecule has 186 valence electrons. The van der Waals surface area contributed by atoms with Crippen LogP contribution in [0.25, 0.3) is 0 Å². The molecule has 3 rings (SSSR count). The summed E-state index contributed by atoms with van der Waals surface area (Å²) in [6, 6.07) is 5.95. The van der Waals surface area contributed by atoms with Crippen molar-refractivity contribution in [2.45, 2.75) is 13.3 Å². The highest BCUT2D eigenvalue weighted by Gasteiger charge is 2.26. The number of nitrogens with two attached hydrogens (primary N) is 2. The summed E-state index contributed by atoms with van der Waals surface area (Å²) < 4.78 is 83.8. The third-order valence-corrected chi connectivity index (χ3v) is 6.62. The number of hydrogen-bond donors (Lipinski definition) is 3. The third-order valence-electron chi connectivity index (χ3n) is 4.90. The minimum Gasteiger partial charge on any atom is -0.366 e. The molecule has 0 atom stereocenters. The van der Waals surface area contributed by atoms with Crippen molar-refractivity contribution in [3.8, 4) is 0 Å². The second-order valence-electron chi connectivity index (χ2n) is 7.19. The SMILES string of the molecule is CCN(c1nccc(Cc2cc(C(N)=O)c(Nc3ccc(I)cc3F)c(F)c2F)c1F)S(N)(=O)=O. The van der Waals surface area contributed by atoms with Gasteiger partial charge in [0.05, 0.1) is 16.9 Å². The minimum absolute atomic E-state index is 0.230. The zero-order chi connectivity index (χ0) is 26.1. The van der Waals surface area contributed by atoms with E-state index in [-0.39, 0.29) is 17.8 Å². The predicted molar refractivity (Wildman–Crippen MR) is 130 cm³/mol. The Balaban J connectivity index is 2.08. The van der Waals surface area contributed by atoms with Gasteiger partial charge in [0, 0.05) is 22.7 Å². The molecule has 5 N–H and O–H groups in total. The largest absolute Gasteiger partial charge is 0.366 e. The van der Waals surface area contributed by atoms with Gasteiger partial charge in [-0.25, -0.2) is 32.0 Å². The predicted octanol–water partition coefficient (Wildman–Crippen LogP) is 3.71. The van der Waals surface area contributed by atoms with Crippen molar-refractivity contribution in [2.24, 2.45) is 10.9 Å². The van der Waals surface area contributed by atoms with Crippen molar-refractivity contribution >= 4 is 55.9 Å². The van der Waals surface area contributed by atoms with Crippen molar-refractivity contribution in [1.82, 2.24) is 4.98 Å². The third kappa shape index (κ3) is 5.65. The zero-order valence-electron chi connectivity index (χ0n) is 18.0. The van der Waals surface area contributed by atoms with E-state index in [1.807, 2.05) is 22.6 Å². The number of amides is 1. The maximum Gasteiger partial charge on any atom is 0.300 e. The monoisotopic (exact) mass is 623 g/mol. The Morgan fingerprint density at radius 3 is 2.34 bits per heavy atom. The van der Waals surface area contributed by atoms with Crippen molar-refractivity contribution in [3.63, 3.8) is 0 Å². The van der Waals surface area contributed by atoms with E-state index in [4.69, 9.17) is 10.9 Å². The number of halogens is 5. The van der Waals surface area contributed by atoms with Gasteiger partial charge in [-0.05, 0) is 71.0 Å². The zero-order valence-corrected chi connectivity index (χ0v) is 20.9. The average molecular weight is 623 g/mol. The van der Waals surface area contributed by atoms with Crippen LogP contribution in [0.1, 0.15) is 28.4 Å². The molecule has 35 heavy (non-hydrogen) atoms. The standard InChI is InChI=1S/C21H18F4IN5O3S/c1-2-31(35(28,33)34)21-17(24)10(5-6-29-21)7-11-8-13(20(27)32)19(18(25)16(11)23)30-15-4-3-12(26)9-14(15)22/h3-6,8-9,30H,2,7H2,1H3,(H2,27,32)(H2,28,33,34). The molecule has 1 aromatic heterocycles. The Bertz CT molecular complexity index is 1420. The van der Waals surface area contributed by atoms with Crippen LogP contribution < -0.4 is 20.5 Å². The van der Waals surface area contributed by atoms with Crippen LogP contribution in [0, 0.1) is 26.8 Å². The van der Waals surface area contributed by atoms with Gasteiger partial charge < -0.3 is 11.1 Å². The van der Waals surface area contributed by atoms with E-state index >= 15 is 8.78 Å². The second kappa shape index (κ2) is 10.3. The van der Waals surface area contributed by atoms with Crippen LogP contribution in [-0.2, 0) is 16.6 Å². The molecular formula is C21H18F4IN5O3S. The van der Waals surface area contributed by atoms with Crippen molar-refractivity contribution in [1.29, 1.82) is 0 Å². The molecule has 0 saturated carbocycles. The molecule has 1 heterocycles. The number of carbonyl (C=O) groups excluding carboxylic acids is 1. The normalized spacial score (nSPS) is 11.4. The van der Waals surface area contributed by atoms with Gasteiger partial charge in [-0.3, -0.25) is 4.79 Å². The molecule has 0 saturated heterocycles. The van der Waals surface area contributed by atoms with E-state index < -0.39 is 68.4 Å². The lowest BCUT2D eigenvalue weighted by molar-refractivity contribution is 0.100. The number of nitrogens with zero attached hydrogens (tertiary/aromatic N) is 2. The molecule has 3 aromatic rings. The fourth-order valence-corrected chi connectivity index (χ4v) is 4.47. The number of benzene rings is 2. The Kier molecular flexibility index (Phi) is 7.86. The highest BCUT2D eigenvalue weighted by Crippen LogP contribution is 2.32. The summed E-state index contributed by atoms with van der Waals surface area (Å²) in [5, 5.41) is 7.43. The van der Waals surface area contributed by atoms with Crippen LogP contribution in [0.2, 0.25) is 0 Å². The number of anilines is 3. The molecule has 0 aliphatic rings. The number of hydrogen-bond acceptors (Lipinski definition) is 5. The van der Waals surface area contributed by atoms with Gasteiger partial charge in [-0.1, -0.05) is 0 Å². The first-order valence-electron chi connectivity index (χ1n) is 9.81. The maximum absolute atomic E-state index is 15.1. The van der Waals surface area contributed by atoms with Gasteiger partial charge in [0.2, 0.25) is 0 Å². The molecule has 0 aliphatic heterocycles. The van der Waals surface area contributed by atoms with Crippen molar-refractivity contribution in [3.05, 3.63) is 80.1 Å². The number of rotatable bonds is 8. The number of nitrogens with one attached hydrogen (secondary N) is 1. The topological polar surface area (TPSA) is 131 Å². The second-order valence-corrected chi connectivity index (χ2v) is 9.91. The van der Waals surface area contributed by atoms with Crippen LogP contribution >= 0.6 is 22.6 Å². The summed E-state index contributed by atoms with van der Waals surface area (Å²) in [4.78, 5) is 15.7. The summed E-state index contributed by atoms with van der Waals surface area (Å²) in [6.07, 6.45) is 0.477. The van der Waals surface area contributed by atoms with E-state index in [0.717, 1.165) is 24.4 Å². The summed E-state index contributed by atoms with van der Waals surface area (Å²) in [7, 11) is -4.36. The van der Waals surface area contributed by atoms with Crippen LogP contribution in [0.5, 0.6) is 0 Å². The Morgan fingerprint density at radius 1 is 1.09 bits per heavy atom. The summed E-state index contributed by atoms with van der Waals surface area (Å²) in [5.74, 6) is -6.68. The van der Waals surface area contributed by atoms with Crippen LogP contribution in [0.3, 0.4) is 0 Å². The molecule has 1 amide bonds. The first-order chi connectivity index (χ1) is 16.3. The van der Waals surface area contributed by atoms with Gasteiger partial charge in [-0.2, -0.15) is 8.42 Å². The fourth-order valence-electron chi connectivity index (χ4n) is 3.29. The Labute approximate surface area is 211 Å². The quantitative estimate of drug-likeness (QED) is 0.260. The van der Waals surface area contributed by atoms with E-state index in [9.17, 15) is 22.0 Å². The summed E-state index contributed by atoms with van der Waals surface area (Å²) in [5.41, 5.74) is 3.19. The lowest BCUT2D eigenvalue weighted by atomic mass is 10.00. The minimum atomic E-state index is -4.36. The highest BCUT2D eigenvalue weighted by atomic mass is 127. The molecule has 8 nitrogen and oxygen atoms in total. The molecule has 14 heteroatoms. The van der Waals surface area contributed by atoms with Crippen LogP contribution in [0.15, 0.2) is 36.5 Å². The van der Waals surface area contributed by atoms with Crippen LogP contribution in [-0.4, -0.2) is 25.9 Å². The van der Waals surface area contributed by atoms with E-state index in [1.54, 1.807) is 0 Å². The highest BCUT2D eigenvalue weighted by molar-refractivity contribution is 14.1. The smallest absolute Gasteiger partial charge is 0.300 e. The van der Waals surface area contributed by atoms with Gasteiger partial charge in [-0.15, -0.1) is 0 Å². The number of primary amides is 1. The summed E-state index contributed by atoms with van der Waals surface area (Å²) in [6.45, 7) is 1.16. The maximum atomic E-state index is 15.1. The van der Waals surface area contributed by atoms with Crippen molar-refractivity contribution < 1.29 is 30.8 Å². The molecule has 0 fully saturated rings. The van der Waals surface area contributed by atoms with Gasteiger partial charge >= 0.3 is 0 Å². The molecular weight excluding hydrogens is 605 g/mol. The van der Waals surface area contributed by atoms with E-state index in [1.165, 1.54) is 19.1 Å². The lowest BCUT2D eigenvalue weighted by Crippen LogP contribution is -2.37. The first-order valence-corrected chi connectivity index (χ1v) is 12.4. The van der Waals surface area contributed by atoms with Gasteiger partial charge in [0.25, 0.3) is 16.1 Å². The van der Waals surface area contributed by atoms with Crippen LogP contribution in [0.4, 0.5) is 34.8 Å².